The maximum absolute atomic E-state index is 12.2. The van der Waals surface area contributed by atoms with Crippen molar-refractivity contribution in [3.8, 4) is 18.2 Å². The van der Waals surface area contributed by atoms with Crippen molar-refractivity contribution in [1.29, 1.82) is 15.8 Å². The molecule has 7 nitrogen and oxygen atoms in total. The van der Waals surface area contributed by atoms with Crippen molar-refractivity contribution in [3.63, 3.8) is 0 Å². The average Bonchev–Trinajstić information content (AvgIpc) is 3.01. The monoisotopic (exact) mass is 357 g/mol. The third-order valence-corrected chi connectivity index (χ3v) is 5.73. The number of nitriles is 3. The number of nitrogens with zero attached hydrogens (tertiary/aromatic N) is 3. The highest BCUT2D eigenvalue weighted by atomic mass is 32.2. The van der Waals surface area contributed by atoms with Crippen molar-refractivity contribution in [2.75, 3.05) is 5.75 Å². The lowest BCUT2D eigenvalue weighted by molar-refractivity contribution is -0.125. The van der Waals surface area contributed by atoms with Crippen LogP contribution in [0.15, 0.2) is 10.6 Å². The van der Waals surface area contributed by atoms with Crippen LogP contribution >= 0.6 is 11.8 Å². The van der Waals surface area contributed by atoms with Gasteiger partial charge in [-0.15, -0.1) is 0 Å². The van der Waals surface area contributed by atoms with Crippen molar-refractivity contribution >= 4 is 23.6 Å². The van der Waals surface area contributed by atoms with Gasteiger partial charge < -0.3 is 10.6 Å². The number of hydrogen-bond acceptors (Lipinski definition) is 6. The summed E-state index contributed by atoms with van der Waals surface area (Å²) in [5.74, 6) is -1.76. The molecule has 0 spiro atoms. The van der Waals surface area contributed by atoms with Crippen LogP contribution in [0.4, 0.5) is 0 Å². The molecule has 1 aliphatic carbocycles. The zero-order valence-electron chi connectivity index (χ0n) is 14.2. The van der Waals surface area contributed by atoms with Crippen LogP contribution < -0.4 is 10.6 Å². The number of nitrogens with one attached hydrogen (secondary N) is 2. The second-order valence-corrected chi connectivity index (χ2v) is 7.81. The molecule has 1 heterocycles. The maximum atomic E-state index is 12.2. The van der Waals surface area contributed by atoms with E-state index in [-0.39, 0.29) is 17.2 Å². The summed E-state index contributed by atoms with van der Waals surface area (Å²) >= 11 is 1.04. The fourth-order valence-electron chi connectivity index (χ4n) is 3.22. The van der Waals surface area contributed by atoms with E-state index >= 15 is 0 Å². The molecule has 0 radical (unpaired) electrons. The Morgan fingerprint density at radius 1 is 1.32 bits per heavy atom. The Hall–Kier alpha value is -2.50. The second-order valence-electron chi connectivity index (χ2n) is 6.83. The van der Waals surface area contributed by atoms with Gasteiger partial charge in [-0.1, -0.05) is 25.6 Å². The molecule has 1 fully saturated rings. The topological polar surface area (TPSA) is 130 Å². The van der Waals surface area contributed by atoms with Crippen LogP contribution in [0, 0.1) is 45.3 Å². The molecule has 1 atom stereocenters. The van der Waals surface area contributed by atoms with E-state index in [1.807, 2.05) is 6.07 Å². The quantitative estimate of drug-likeness (QED) is 0.787. The molecule has 0 aromatic heterocycles. The molecule has 1 saturated carbocycles. The third kappa shape index (κ3) is 3.62. The minimum absolute atomic E-state index is 0.0163. The molecule has 25 heavy (non-hydrogen) atoms. The summed E-state index contributed by atoms with van der Waals surface area (Å²) in [5, 5.41) is 33.6. The highest BCUT2D eigenvalue weighted by molar-refractivity contribution is 8.03. The first-order valence-electron chi connectivity index (χ1n) is 8.00. The molecular weight excluding hydrogens is 338 g/mol. The first-order valence-corrected chi connectivity index (χ1v) is 8.98. The summed E-state index contributed by atoms with van der Waals surface area (Å²) in [5.41, 5.74) is -1.44. The summed E-state index contributed by atoms with van der Waals surface area (Å²) < 4.78 is 0. The van der Waals surface area contributed by atoms with Gasteiger partial charge in [0.2, 0.25) is 11.8 Å². The van der Waals surface area contributed by atoms with Gasteiger partial charge in [-0.05, 0) is 25.7 Å². The highest BCUT2D eigenvalue weighted by Gasteiger charge is 2.45. The summed E-state index contributed by atoms with van der Waals surface area (Å²) in [7, 11) is 0. The Balaban J connectivity index is 2.11. The molecule has 0 aromatic rings. The lowest BCUT2D eigenvalue weighted by atomic mass is 9.72. The molecule has 2 N–H and O–H groups in total. The van der Waals surface area contributed by atoms with Crippen molar-refractivity contribution in [1.82, 2.24) is 10.6 Å². The van der Waals surface area contributed by atoms with Gasteiger partial charge in [-0.25, -0.2) is 0 Å². The van der Waals surface area contributed by atoms with Gasteiger partial charge in [0.15, 0.2) is 0 Å². The zero-order valence-corrected chi connectivity index (χ0v) is 15.0. The normalized spacial score (nSPS) is 23.8. The Morgan fingerprint density at radius 3 is 2.48 bits per heavy atom. The van der Waals surface area contributed by atoms with Gasteiger partial charge in [0, 0.05) is 5.41 Å². The van der Waals surface area contributed by atoms with Crippen molar-refractivity contribution in [3.05, 3.63) is 10.6 Å². The standard InChI is InChI=1S/C17H19N5O2S/c1-16(2)11(7-18)14(24)21-15(12(16)8-19)25-9-13(23)22-17(10-20)5-3-4-6-17/h11H,3-6,9H2,1-2H3,(H,21,24)(H,22,23)/t11-/m0/s1. The Bertz CT molecular complexity index is 744. The average molecular weight is 357 g/mol. The number of allylic oxidation sites excluding steroid dienone is 1. The Labute approximate surface area is 151 Å². The molecule has 0 unspecified atom stereocenters. The Morgan fingerprint density at radius 2 is 1.96 bits per heavy atom. The van der Waals surface area contributed by atoms with Crippen molar-refractivity contribution in [2.24, 2.45) is 11.3 Å². The summed E-state index contributed by atoms with van der Waals surface area (Å²) in [6.45, 7) is 3.34. The smallest absolute Gasteiger partial charge is 0.243 e. The fraction of sp³-hybridized carbons (Fsp3) is 0.588. The summed E-state index contributed by atoms with van der Waals surface area (Å²) in [6.07, 6.45) is 3.09. The first-order chi connectivity index (χ1) is 11.8. The summed E-state index contributed by atoms with van der Waals surface area (Å²) in [4.78, 5) is 24.3. The van der Waals surface area contributed by atoms with Gasteiger partial charge in [0.05, 0.1) is 34.6 Å². The van der Waals surface area contributed by atoms with E-state index in [2.05, 4.69) is 22.8 Å². The molecule has 0 bridgehead atoms. The van der Waals surface area contributed by atoms with Crippen LogP contribution in [-0.2, 0) is 9.59 Å². The number of amides is 2. The van der Waals surface area contributed by atoms with Gasteiger partial charge in [0.25, 0.3) is 0 Å². The van der Waals surface area contributed by atoms with Crippen LogP contribution in [0.3, 0.4) is 0 Å². The van der Waals surface area contributed by atoms with E-state index in [9.17, 15) is 25.4 Å². The van der Waals surface area contributed by atoms with Crippen molar-refractivity contribution in [2.45, 2.75) is 45.1 Å². The minimum Gasteiger partial charge on any atom is -0.337 e. The van der Waals surface area contributed by atoms with E-state index in [1.165, 1.54) is 0 Å². The summed E-state index contributed by atoms with van der Waals surface area (Å²) in [6, 6.07) is 6.17. The molecule has 1 aliphatic heterocycles. The SMILES string of the molecule is CC1(C)C(C#N)=C(SCC(=O)NC2(C#N)CCCC2)NC(=O)[C@@H]1C#N. The lowest BCUT2D eigenvalue weighted by Crippen LogP contribution is -2.47. The molecule has 8 heteroatoms. The molecular formula is C17H19N5O2S. The number of carbonyl (C=O) groups is 2. The van der Waals surface area contributed by atoms with Crippen LogP contribution in [-0.4, -0.2) is 23.1 Å². The second kappa shape index (κ2) is 7.17. The molecule has 130 valence electrons. The minimum atomic E-state index is -0.958. The number of hydrogen-bond donors (Lipinski definition) is 2. The Kier molecular flexibility index (Phi) is 5.40. The lowest BCUT2D eigenvalue weighted by Gasteiger charge is -2.34. The molecule has 2 rings (SSSR count). The largest absolute Gasteiger partial charge is 0.337 e. The number of carbonyl (C=O) groups excluding carboxylic acids is 2. The zero-order chi connectivity index (χ0) is 18.7. The predicted molar refractivity (Wildman–Crippen MR) is 91.1 cm³/mol. The van der Waals surface area contributed by atoms with E-state index < -0.39 is 22.8 Å². The van der Waals surface area contributed by atoms with Gasteiger partial charge in [0.1, 0.15) is 11.5 Å². The number of thioether (sulfide) groups is 1. The third-order valence-electron chi connectivity index (χ3n) is 4.73. The fourth-order valence-corrected chi connectivity index (χ4v) is 4.19. The first kappa shape index (κ1) is 18.8. The van der Waals surface area contributed by atoms with Gasteiger partial charge in [-0.2, -0.15) is 15.8 Å². The maximum Gasteiger partial charge on any atom is 0.243 e. The van der Waals surface area contributed by atoms with Crippen molar-refractivity contribution < 1.29 is 9.59 Å². The van der Waals surface area contributed by atoms with Gasteiger partial charge in [-0.3, -0.25) is 9.59 Å². The molecule has 0 saturated heterocycles. The van der Waals surface area contributed by atoms with Crippen LogP contribution in [0.5, 0.6) is 0 Å². The molecule has 0 aromatic carbocycles. The van der Waals surface area contributed by atoms with E-state index in [1.54, 1.807) is 13.8 Å². The number of rotatable bonds is 4. The van der Waals surface area contributed by atoms with Gasteiger partial charge >= 0.3 is 0 Å². The van der Waals surface area contributed by atoms with Crippen LogP contribution in [0.2, 0.25) is 0 Å². The molecule has 2 amide bonds. The van der Waals surface area contributed by atoms with E-state index in [4.69, 9.17) is 0 Å². The van der Waals surface area contributed by atoms with Crippen LogP contribution in [0.25, 0.3) is 0 Å². The predicted octanol–water partition coefficient (Wildman–Crippen LogP) is 1.70. The van der Waals surface area contributed by atoms with Crippen LogP contribution in [0.1, 0.15) is 39.5 Å². The van der Waals surface area contributed by atoms with E-state index in [0.29, 0.717) is 17.9 Å². The molecule has 2 aliphatic rings. The highest BCUT2D eigenvalue weighted by Crippen LogP contribution is 2.41. The van der Waals surface area contributed by atoms with E-state index in [0.717, 1.165) is 24.6 Å².